The molecule has 68 heavy (non-hydrogen) atoms. The lowest BCUT2D eigenvalue weighted by molar-refractivity contribution is 0.610. The average molecular weight is 891 g/mol. The number of nitriles is 1. The predicted molar refractivity (Wildman–Crippen MR) is 264 cm³/mol. The van der Waals surface area contributed by atoms with Gasteiger partial charge in [0.25, 0.3) is 0 Å². The maximum Gasteiger partial charge on any atom is 0.145 e. The van der Waals surface area contributed by atoms with Crippen LogP contribution in [0.1, 0.15) is 39.6 Å². The second kappa shape index (κ2) is 15.5. The molecule has 0 amide bonds. The Morgan fingerprint density at radius 3 is 1.76 bits per heavy atom. The molecule has 0 saturated carbocycles. The zero-order valence-electron chi connectivity index (χ0n) is 37.8. The zero-order valence-corrected chi connectivity index (χ0v) is 37.8. The Morgan fingerprint density at radius 2 is 1.09 bits per heavy atom. The number of fused-ring (bicyclic) bond motifs is 9. The van der Waals surface area contributed by atoms with Crippen LogP contribution in [-0.4, -0.2) is 43.6 Å². The van der Waals surface area contributed by atoms with E-state index in [-0.39, 0.29) is 11.6 Å². The van der Waals surface area contributed by atoms with E-state index in [0.717, 1.165) is 105 Å². The SMILES string of the molecule is Cc1cc2c(c(Cn3c4ccncc4c4ccc(-c5cnc(C)c(F)c5)cc43)n1)c1ccc(-c3cnc(C)c(F)c3)cc1n2Cc1cc(-c2cnc(C)c(C#N)c2)cc2c1c1cnccc1n2C. The van der Waals surface area contributed by atoms with Crippen molar-refractivity contribution in [1.82, 2.24) is 43.6 Å². The molecule has 0 saturated heterocycles. The van der Waals surface area contributed by atoms with Crippen LogP contribution in [-0.2, 0) is 20.1 Å². The molecule has 0 radical (unpaired) electrons. The molecule has 9 aromatic heterocycles. The van der Waals surface area contributed by atoms with Gasteiger partial charge in [0, 0.05) is 117 Å². The minimum Gasteiger partial charge on any atom is -0.343 e. The molecule has 0 unspecified atom stereocenters. The van der Waals surface area contributed by atoms with Crippen LogP contribution in [0.3, 0.4) is 0 Å². The van der Waals surface area contributed by atoms with E-state index in [1.54, 1.807) is 38.5 Å². The summed E-state index contributed by atoms with van der Waals surface area (Å²) in [6.07, 6.45) is 12.7. The van der Waals surface area contributed by atoms with Crippen molar-refractivity contribution in [2.75, 3.05) is 0 Å². The van der Waals surface area contributed by atoms with Gasteiger partial charge in [-0.1, -0.05) is 24.3 Å². The number of pyridine rings is 6. The molecule has 10 nitrogen and oxygen atoms in total. The summed E-state index contributed by atoms with van der Waals surface area (Å²) in [5, 5.41) is 16.1. The topological polar surface area (TPSA) is 116 Å². The second-order valence-corrected chi connectivity index (χ2v) is 17.7. The van der Waals surface area contributed by atoms with Gasteiger partial charge < -0.3 is 13.7 Å². The van der Waals surface area contributed by atoms with Gasteiger partial charge in [-0.15, -0.1) is 0 Å². The van der Waals surface area contributed by atoms with Gasteiger partial charge in [-0.05, 0) is 111 Å². The molecule has 0 aliphatic heterocycles. The van der Waals surface area contributed by atoms with Crippen LogP contribution in [0, 0.1) is 50.7 Å². The van der Waals surface area contributed by atoms with Crippen LogP contribution < -0.4 is 0 Å². The quantitative estimate of drug-likeness (QED) is 0.156. The summed E-state index contributed by atoms with van der Waals surface area (Å²) in [4.78, 5) is 27.7. The van der Waals surface area contributed by atoms with E-state index in [4.69, 9.17) is 4.98 Å². The zero-order chi connectivity index (χ0) is 46.5. The highest BCUT2D eigenvalue weighted by molar-refractivity contribution is 6.13. The van der Waals surface area contributed by atoms with Crippen molar-refractivity contribution in [3.63, 3.8) is 0 Å². The van der Waals surface area contributed by atoms with E-state index < -0.39 is 0 Å². The standard InChI is InChI=1S/C56H40F2N10/c1-30-14-54-56(48(65-30)29-68-50-11-13-60-26-44(50)42-8-6-34(19-51(42)68)39-17-46(57)32(3)63-24-39)43-9-7-35(40-18-47(58)33(4)64-25-40)20-52(43)67(54)28-41-15-36(38-16-37(22-59)31(2)62-23-38)21-53-55(41)45-27-61-12-10-49(45)66(53)5/h6-21,23-27H,28-29H2,1-5H3. The lowest BCUT2D eigenvalue weighted by Crippen LogP contribution is -2.05. The fourth-order valence-electron chi connectivity index (χ4n) is 10.1. The molecule has 0 aliphatic rings. The molecule has 0 N–H and O–H groups in total. The molecule has 0 fully saturated rings. The molecule has 0 aliphatic carbocycles. The Labute approximate surface area is 388 Å². The van der Waals surface area contributed by atoms with Gasteiger partial charge in [-0.3, -0.25) is 29.9 Å². The number of hydrogen-bond acceptors (Lipinski definition) is 7. The number of hydrogen-bond donors (Lipinski definition) is 0. The number of aromatic nitrogens is 9. The molecule has 12 aromatic rings. The third-order valence-corrected chi connectivity index (χ3v) is 13.6. The van der Waals surface area contributed by atoms with Crippen molar-refractivity contribution < 1.29 is 8.78 Å². The maximum absolute atomic E-state index is 15.2. The monoisotopic (exact) mass is 890 g/mol. The highest BCUT2D eigenvalue weighted by Crippen LogP contribution is 2.41. The minimum atomic E-state index is -0.368. The minimum absolute atomic E-state index is 0.338. The summed E-state index contributed by atoms with van der Waals surface area (Å²) in [5.74, 6) is -0.723. The van der Waals surface area contributed by atoms with Gasteiger partial charge in [-0.2, -0.15) is 5.26 Å². The number of rotatable bonds is 7. The lowest BCUT2D eigenvalue weighted by Gasteiger charge is -2.14. The van der Waals surface area contributed by atoms with E-state index in [1.807, 2.05) is 69.0 Å². The molecular weight excluding hydrogens is 851 g/mol. The van der Waals surface area contributed by atoms with Gasteiger partial charge in [-0.25, -0.2) is 8.78 Å². The Morgan fingerprint density at radius 1 is 0.500 bits per heavy atom. The molecular formula is C56H40F2N10. The first-order valence-corrected chi connectivity index (χ1v) is 22.3. The molecule has 12 rings (SSSR count). The van der Waals surface area contributed by atoms with Crippen molar-refractivity contribution in [3.8, 4) is 39.4 Å². The number of halogens is 2. The summed E-state index contributed by atoms with van der Waals surface area (Å²) >= 11 is 0. The normalized spacial score (nSPS) is 11.9. The Kier molecular flexibility index (Phi) is 9.27. The lowest BCUT2D eigenvalue weighted by atomic mass is 9.98. The summed E-state index contributed by atoms with van der Waals surface area (Å²) in [7, 11) is 2.07. The van der Waals surface area contributed by atoms with Crippen LogP contribution in [0.15, 0.2) is 128 Å². The van der Waals surface area contributed by atoms with Gasteiger partial charge in [0.1, 0.15) is 17.7 Å². The summed E-state index contributed by atoms with van der Waals surface area (Å²) < 4.78 is 36.9. The van der Waals surface area contributed by atoms with Crippen molar-refractivity contribution in [2.24, 2.45) is 7.05 Å². The molecule has 328 valence electrons. The molecule has 0 spiro atoms. The third-order valence-electron chi connectivity index (χ3n) is 13.6. The van der Waals surface area contributed by atoms with Crippen molar-refractivity contribution >= 4 is 65.4 Å². The molecule has 12 heteroatoms. The molecule has 0 atom stereocenters. The Bertz CT molecular complexity index is 4150. The van der Waals surface area contributed by atoms with Gasteiger partial charge >= 0.3 is 0 Å². The van der Waals surface area contributed by atoms with Gasteiger partial charge in [0.05, 0.1) is 62.5 Å². The smallest absolute Gasteiger partial charge is 0.145 e. The first-order chi connectivity index (χ1) is 33.0. The van der Waals surface area contributed by atoms with E-state index in [1.165, 1.54) is 6.07 Å². The van der Waals surface area contributed by atoms with E-state index >= 15 is 4.39 Å². The largest absolute Gasteiger partial charge is 0.343 e. The number of nitrogens with zero attached hydrogens (tertiary/aromatic N) is 10. The van der Waals surface area contributed by atoms with E-state index in [0.29, 0.717) is 46.9 Å². The van der Waals surface area contributed by atoms with Crippen molar-refractivity contribution in [2.45, 2.75) is 40.8 Å². The Hall–Kier alpha value is -8.69. The van der Waals surface area contributed by atoms with Gasteiger partial charge in [0.2, 0.25) is 0 Å². The fraction of sp³-hybridized carbons (Fsp3) is 0.125. The van der Waals surface area contributed by atoms with E-state index in [9.17, 15) is 9.65 Å². The Balaban J connectivity index is 1.12. The van der Waals surface area contributed by atoms with Crippen LogP contribution in [0.4, 0.5) is 8.78 Å². The van der Waals surface area contributed by atoms with Crippen molar-refractivity contribution in [1.29, 1.82) is 5.26 Å². The van der Waals surface area contributed by atoms with Gasteiger partial charge in [0.15, 0.2) is 0 Å². The van der Waals surface area contributed by atoms with Crippen LogP contribution in [0.2, 0.25) is 0 Å². The van der Waals surface area contributed by atoms with Crippen LogP contribution in [0.5, 0.6) is 0 Å². The highest BCUT2D eigenvalue weighted by atomic mass is 19.1. The summed E-state index contributed by atoms with van der Waals surface area (Å²) in [6, 6.07) is 30.3. The average Bonchev–Trinajstić information content (AvgIpc) is 3.94. The third kappa shape index (κ3) is 6.41. The number of benzene rings is 3. The van der Waals surface area contributed by atoms with E-state index in [2.05, 4.69) is 94.2 Å². The second-order valence-electron chi connectivity index (χ2n) is 17.7. The van der Waals surface area contributed by atoms with Crippen LogP contribution in [0.25, 0.3) is 98.8 Å². The fourth-order valence-corrected chi connectivity index (χ4v) is 10.1. The van der Waals surface area contributed by atoms with Crippen molar-refractivity contribution in [3.05, 3.63) is 180 Å². The molecule has 9 heterocycles. The summed E-state index contributed by atoms with van der Waals surface area (Å²) in [6.45, 7) is 8.05. The maximum atomic E-state index is 15.2. The molecule has 0 bridgehead atoms. The highest BCUT2D eigenvalue weighted by Gasteiger charge is 2.23. The molecule has 3 aromatic carbocycles. The number of aryl methyl sites for hydroxylation is 5. The first kappa shape index (κ1) is 40.8. The first-order valence-electron chi connectivity index (χ1n) is 22.3. The summed E-state index contributed by atoms with van der Waals surface area (Å²) in [5.41, 5.74) is 15.4. The van der Waals surface area contributed by atoms with Crippen LogP contribution >= 0.6 is 0 Å². The predicted octanol–water partition coefficient (Wildman–Crippen LogP) is 12.4.